The van der Waals surface area contributed by atoms with Gasteiger partial charge in [0.2, 0.25) is 0 Å². The van der Waals surface area contributed by atoms with Crippen molar-refractivity contribution in [2.45, 2.75) is 38.0 Å². The molecule has 2 atom stereocenters. The molecule has 2 saturated heterocycles. The van der Waals surface area contributed by atoms with Crippen LogP contribution in [0.3, 0.4) is 0 Å². The van der Waals surface area contributed by atoms with Crippen molar-refractivity contribution in [3.05, 3.63) is 53.3 Å². The van der Waals surface area contributed by atoms with E-state index in [1.807, 2.05) is 24.3 Å². The highest BCUT2D eigenvalue weighted by Crippen LogP contribution is 2.32. The van der Waals surface area contributed by atoms with Gasteiger partial charge in [0.1, 0.15) is 0 Å². The van der Waals surface area contributed by atoms with Crippen LogP contribution in [-0.2, 0) is 18.4 Å². The molecule has 2 aliphatic rings. The van der Waals surface area contributed by atoms with E-state index in [-0.39, 0.29) is 24.7 Å². The largest absolute Gasteiger partial charge is 0.392 e. The number of nitrogens with zero attached hydrogens (tertiary/aromatic N) is 4. The number of piperidine rings is 1. The zero-order chi connectivity index (χ0) is 20.2. The van der Waals surface area contributed by atoms with E-state index < -0.39 is 0 Å². The number of hydrogen-bond acceptors (Lipinski definition) is 5. The number of aryl methyl sites for hydroxylation is 1. The Morgan fingerprint density at radius 3 is 2.59 bits per heavy atom. The van der Waals surface area contributed by atoms with Crippen LogP contribution >= 0.6 is 0 Å². The number of aliphatic hydroxyl groups excluding tert-OH is 1. The molecule has 1 amide bonds. The van der Waals surface area contributed by atoms with Crippen LogP contribution < -0.4 is 0 Å². The van der Waals surface area contributed by atoms with Crippen LogP contribution in [0.5, 0.6) is 0 Å². The molecule has 0 aliphatic carbocycles. The van der Waals surface area contributed by atoms with Gasteiger partial charge in [0.15, 0.2) is 0 Å². The summed E-state index contributed by atoms with van der Waals surface area (Å²) in [5.74, 6) is -0.00436. The average Bonchev–Trinajstić information content (AvgIpc) is 3.19. The number of carbonyl (C=O) groups excluding carboxylic acids is 1. The van der Waals surface area contributed by atoms with Crippen molar-refractivity contribution in [2.75, 3.05) is 32.8 Å². The van der Waals surface area contributed by atoms with Gasteiger partial charge in [-0.05, 0) is 43.6 Å². The zero-order valence-corrected chi connectivity index (χ0v) is 17.0. The van der Waals surface area contributed by atoms with E-state index >= 15 is 0 Å². The number of hydrogen-bond donors (Lipinski definition) is 1. The Hall–Kier alpha value is -2.22. The molecule has 3 heterocycles. The monoisotopic (exact) mass is 398 g/mol. The predicted octanol–water partition coefficient (Wildman–Crippen LogP) is 1.98. The fourth-order valence-corrected chi connectivity index (χ4v) is 4.42. The summed E-state index contributed by atoms with van der Waals surface area (Å²) in [6, 6.07) is 7.03. The van der Waals surface area contributed by atoms with E-state index in [9.17, 15) is 9.90 Å². The van der Waals surface area contributed by atoms with E-state index in [0.717, 1.165) is 30.8 Å². The van der Waals surface area contributed by atoms with Crippen LogP contribution in [0.1, 0.15) is 46.8 Å². The Labute approximate surface area is 171 Å². The lowest BCUT2D eigenvalue weighted by Gasteiger charge is -2.43. The molecular formula is C22H30N4O3. The van der Waals surface area contributed by atoms with Gasteiger partial charge in [0.05, 0.1) is 31.6 Å². The first-order valence-corrected chi connectivity index (χ1v) is 10.5. The van der Waals surface area contributed by atoms with Crippen molar-refractivity contribution in [3.8, 4) is 0 Å². The lowest BCUT2D eigenvalue weighted by Crippen LogP contribution is -2.52. The predicted molar refractivity (Wildman–Crippen MR) is 109 cm³/mol. The number of ether oxygens (including phenoxy) is 1. The van der Waals surface area contributed by atoms with Crippen molar-refractivity contribution in [1.29, 1.82) is 0 Å². The van der Waals surface area contributed by atoms with Crippen LogP contribution in [0.15, 0.2) is 36.7 Å². The summed E-state index contributed by atoms with van der Waals surface area (Å²) in [6.45, 7) is 4.08. The minimum atomic E-state index is -0.163. The van der Waals surface area contributed by atoms with Gasteiger partial charge in [-0.15, -0.1) is 0 Å². The molecule has 4 rings (SSSR count). The van der Waals surface area contributed by atoms with Gasteiger partial charge in [0.25, 0.3) is 5.91 Å². The van der Waals surface area contributed by atoms with Crippen molar-refractivity contribution in [2.24, 2.45) is 7.05 Å². The molecule has 0 saturated carbocycles. The number of amides is 1. The number of morpholine rings is 1. The topological polar surface area (TPSA) is 70.8 Å². The molecule has 156 valence electrons. The maximum atomic E-state index is 13.4. The van der Waals surface area contributed by atoms with E-state index in [1.165, 1.54) is 19.3 Å². The summed E-state index contributed by atoms with van der Waals surface area (Å²) in [5.41, 5.74) is 2.44. The summed E-state index contributed by atoms with van der Waals surface area (Å²) < 4.78 is 7.98. The Kier molecular flexibility index (Phi) is 6.28. The number of rotatable bonds is 5. The molecule has 2 fully saturated rings. The quantitative estimate of drug-likeness (QED) is 0.834. The third-order valence-electron chi connectivity index (χ3n) is 5.95. The molecule has 7 nitrogen and oxygen atoms in total. The SMILES string of the molecule is Cn1cc([C@H]2[C@H](CN3CCCCC3)OCCN2C(=O)c2ccc(CO)cc2)cn1. The van der Waals surface area contributed by atoms with Crippen LogP contribution in [0.2, 0.25) is 0 Å². The second-order valence-corrected chi connectivity index (χ2v) is 8.02. The average molecular weight is 399 g/mol. The van der Waals surface area contributed by atoms with Crippen molar-refractivity contribution in [3.63, 3.8) is 0 Å². The Morgan fingerprint density at radius 2 is 1.93 bits per heavy atom. The summed E-state index contributed by atoms with van der Waals surface area (Å²) in [4.78, 5) is 17.8. The van der Waals surface area contributed by atoms with Gasteiger partial charge >= 0.3 is 0 Å². The first-order chi connectivity index (χ1) is 14.2. The third-order valence-corrected chi connectivity index (χ3v) is 5.95. The molecular weight excluding hydrogens is 368 g/mol. The number of aromatic nitrogens is 2. The molecule has 0 bridgehead atoms. The van der Waals surface area contributed by atoms with E-state index in [0.29, 0.717) is 18.7 Å². The smallest absolute Gasteiger partial charge is 0.254 e. The van der Waals surface area contributed by atoms with Crippen LogP contribution in [0, 0.1) is 0 Å². The summed E-state index contributed by atoms with van der Waals surface area (Å²) >= 11 is 0. The van der Waals surface area contributed by atoms with Gasteiger partial charge in [-0.2, -0.15) is 5.10 Å². The minimum absolute atomic E-state index is 0.00436. The highest BCUT2D eigenvalue weighted by atomic mass is 16.5. The number of aliphatic hydroxyl groups is 1. The molecule has 1 aromatic heterocycles. The van der Waals surface area contributed by atoms with E-state index in [4.69, 9.17) is 4.74 Å². The molecule has 1 aromatic carbocycles. The molecule has 7 heteroatoms. The van der Waals surface area contributed by atoms with Crippen molar-refractivity contribution >= 4 is 5.91 Å². The first kappa shape index (κ1) is 20.1. The molecule has 0 unspecified atom stereocenters. The second kappa shape index (κ2) is 9.07. The standard InChI is InChI=1S/C22H30N4O3/c1-24-14-19(13-23-24)21-20(15-25-9-3-2-4-10-25)29-12-11-26(21)22(28)18-7-5-17(16-27)6-8-18/h5-8,13-14,20-21,27H,2-4,9-12,15-16H2,1H3/t20-,21-/m0/s1. The normalized spacial score (nSPS) is 23.3. The zero-order valence-electron chi connectivity index (χ0n) is 17.0. The Balaban J connectivity index is 1.60. The second-order valence-electron chi connectivity index (χ2n) is 8.02. The summed E-state index contributed by atoms with van der Waals surface area (Å²) in [5, 5.41) is 13.6. The van der Waals surface area contributed by atoms with Crippen LogP contribution in [-0.4, -0.2) is 69.5 Å². The van der Waals surface area contributed by atoms with Crippen LogP contribution in [0.4, 0.5) is 0 Å². The van der Waals surface area contributed by atoms with Gasteiger partial charge in [0, 0.05) is 37.5 Å². The molecule has 2 aliphatic heterocycles. The highest BCUT2D eigenvalue weighted by molar-refractivity contribution is 5.94. The lowest BCUT2D eigenvalue weighted by atomic mass is 9.98. The number of carbonyl (C=O) groups is 1. The maximum Gasteiger partial charge on any atom is 0.254 e. The molecule has 2 aromatic rings. The molecule has 1 N–H and O–H groups in total. The van der Waals surface area contributed by atoms with Crippen molar-refractivity contribution < 1.29 is 14.6 Å². The van der Waals surface area contributed by atoms with E-state index in [2.05, 4.69) is 10.00 Å². The van der Waals surface area contributed by atoms with Crippen LogP contribution in [0.25, 0.3) is 0 Å². The van der Waals surface area contributed by atoms with Gasteiger partial charge in [-0.25, -0.2) is 0 Å². The molecule has 0 spiro atoms. The van der Waals surface area contributed by atoms with Gasteiger partial charge < -0.3 is 19.6 Å². The first-order valence-electron chi connectivity index (χ1n) is 10.5. The molecule has 29 heavy (non-hydrogen) atoms. The van der Waals surface area contributed by atoms with Gasteiger partial charge in [-0.1, -0.05) is 18.6 Å². The maximum absolute atomic E-state index is 13.4. The number of likely N-dealkylation sites (tertiary alicyclic amines) is 1. The third kappa shape index (κ3) is 4.52. The van der Waals surface area contributed by atoms with Crippen molar-refractivity contribution in [1.82, 2.24) is 19.6 Å². The summed E-state index contributed by atoms with van der Waals surface area (Å²) in [6.07, 6.45) is 7.50. The Bertz CT molecular complexity index is 814. The number of benzene rings is 1. The fraction of sp³-hybridized carbons (Fsp3) is 0.545. The summed E-state index contributed by atoms with van der Waals surface area (Å²) in [7, 11) is 1.90. The fourth-order valence-electron chi connectivity index (χ4n) is 4.42. The van der Waals surface area contributed by atoms with E-state index in [1.54, 1.807) is 28.9 Å². The lowest BCUT2D eigenvalue weighted by molar-refractivity contribution is -0.0741. The minimum Gasteiger partial charge on any atom is -0.392 e. The van der Waals surface area contributed by atoms with Gasteiger partial charge in [-0.3, -0.25) is 9.48 Å². The highest BCUT2D eigenvalue weighted by Gasteiger charge is 2.38. The Morgan fingerprint density at radius 1 is 1.17 bits per heavy atom. The molecule has 0 radical (unpaired) electrons.